The maximum Gasteiger partial charge on any atom is 0.306 e. The Bertz CT molecular complexity index is 136. The van der Waals surface area contributed by atoms with Gasteiger partial charge in [0.05, 0.1) is 5.92 Å². The molecule has 0 aliphatic carbocycles. The van der Waals surface area contributed by atoms with Crippen LogP contribution in [-0.4, -0.2) is 23.1 Å². The Labute approximate surface area is 78.7 Å². The summed E-state index contributed by atoms with van der Waals surface area (Å²) in [6.45, 7) is 3.80. The summed E-state index contributed by atoms with van der Waals surface area (Å²) in [5, 5.41) is 8.70. The molecule has 0 aliphatic rings. The van der Waals surface area contributed by atoms with E-state index in [1.807, 2.05) is 18.7 Å². The predicted molar refractivity (Wildman–Crippen MR) is 53.6 cm³/mol. The van der Waals surface area contributed by atoms with Crippen LogP contribution in [0, 0.1) is 11.8 Å². The van der Waals surface area contributed by atoms with Crippen molar-refractivity contribution >= 4 is 17.7 Å². The molecule has 2 unspecified atom stereocenters. The van der Waals surface area contributed by atoms with Crippen LogP contribution in [0.3, 0.4) is 0 Å². The minimum absolute atomic E-state index is 0.202. The van der Waals surface area contributed by atoms with Crippen LogP contribution in [0.25, 0.3) is 0 Å². The Hall–Kier alpha value is -0.180. The molecule has 12 heavy (non-hydrogen) atoms. The monoisotopic (exact) mass is 190 g/mol. The summed E-state index contributed by atoms with van der Waals surface area (Å²) < 4.78 is 0. The first-order chi connectivity index (χ1) is 5.59. The highest BCUT2D eigenvalue weighted by molar-refractivity contribution is 7.98. The summed E-state index contributed by atoms with van der Waals surface area (Å²) in [6.07, 6.45) is 4.22. The Morgan fingerprint density at radius 3 is 2.50 bits per heavy atom. The predicted octanol–water partition coefficient (Wildman–Crippen LogP) is 2.49. The molecule has 0 aromatic rings. The van der Waals surface area contributed by atoms with Gasteiger partial charge in [-0.15, -0.1) is 0 Å². The molecule has 0 aromatic heterocycles. The third-order valence-electron chi connectivity index (χ3n) is 2.25. The molecule has 0 fully saturated rings. The Kier molecular flexibility index (Phi) is 6.25. The lowest BCUT2D eigenvalue weighted by atomic mass is 9.92. The number of rotatable bonds is 6. The fourth-order valence-corrected chi connectivity index (χ4v) is 1.50. The molecule has 0 radical (unpaired) electrons. The number of aliphatic carboxylic acids is 1. The van der Waals surface area contributed by atoms with Crippen molar-refractivity contribution in [2.45, 2.75) is 26.7 Å². The molecule has 3 heteroatoms. The average molecular weight is 190 g/mol. The van der Waals surface area contributed by atoms with Crippen LogP contribution in [0.5, 0.6) is 0 Å². The lowest BCUT2D eigenvalue weighted by molar-refractivity contribution is -0.142. The molecule has 0 rings (SSSR count). The average Bonchev–Trinajstić information content (AvgIpc) is 2.03. The minimum Gasteiger partial charge on any atom is -0.481 e. The molecule has 0 saturated carbocycles. The van der Waals surface area contributed by atoms with E-state index in [0.29, 0.717) is 5.92 Å². The van der Waals surface area contributed by atoms with E-state index in [0.717, 1.165) is 18.6 Å². The van der Waals surface area contributed by atoms with Crippen LogP contribution in [0.15, 0.2) is 0 Å². The molecule has 2 nitrogen and oxygen atoms in total. The van der Waals surface area contributed by atoms with Crippen molar-refractivity contribution in [1.82, 2.24) is 0 Å². The number of hydrogen-bond donors (Lipinski definition) is 1. The van der Waals surface area contributed by atoms with Crippen molar-refractivity contribution in [2.75, 3.05) is 12.0 Å². The van der Waals surface area contributed by atoms with Gasteiger partial charge in [0, 0.05) is 0 Å². The van der Waals surface area contributed by atoms with Crippen LogP contribution < -0.4 is 0 Å². The van der Waals surface area contributed by atoms with Gasteiger partial charge < -0.3 is 5.11 Å². The van der Waals surface area contributed by atoms with Crippen LogP contribution in [0.4, 0.5) is 0 Å². The van der Waals surface area contributed by atoms with Gasteiger partial charge in [0.1, 0.15) is 0 Å². The van der Waals surface area contributed by atoms with Gasteiger partial charge in [0.2, 0.25) is 0 Å². The fourth-order valence-electron chi connectivity index (χ4n) is 1.04. The first-order valence-corrected chi connectivity index (χ1v) is 5.70. The largest absolute Gasteiger partial charge is 0.481 e. The van der Waals surface area contributed by atoms with Crippen LogP contribution in [-0.2, 0) is 4.79 Å². The normalized spacial score (nSPS) is 15.6. The summed E-state index contributed by atoms with van der Waals surface area (Å²) in [5.41, 5.74) is 0. The van der Waals surface area contributed by atoms with E-state index >= 15 is 0 Å². The Morgan fingerprint density at radius 1 is 1.50 bits per heavy atom. The quantitative estimate of drug-likeness (QED) is 0.654. The van der Waals surface area contributed by atoms with E-state index in [-0.39, 0.29) is 5.92 Å². The van der Waals surface area contributed by atoms with Crippen LogP contribution in [0.1, 0.15) is 26.7 Å². The molecule has 1 N–H and O–H groups in total. The first kappa shape index (κ1) is 11.8. The lowest BCUT2D eigenvalue weighted by Gasteiger charge is -2.14. The smallest absolute Gasteiger partial charge is 0.306 e. The van der Waals surface area contributed by atoms with Gasteiger partial charge in [-0.2, -0.15) is 11.8 Å². The van der Waals surface area contributed by atoms with E-state index in [4.69, 9.17) is 5.11 Å². The van der Waals surface area contributed by atoms with Crippen molar-refractivity contribution in [1.29, 1.82) is 0 Å². The zero-order chi connectivity index (χ0) is 9.56. The van der Waals surface area contributed by atoms with Crippen molar-refractivity contribution in [3.63, 3.8) is 0 Å². The first-order valence-electron chi connectivity index (χ1n) is 4.31. The van der Waals surface area contributed by atoms with Crippen LogP contribution >= 0.6 is 11.8 Å². The summed E-state index contributed by atoms with van der Waals surface area (Å²) in [7, 11) is 0. The molecular formula is C9H18O2S. The molecule has 0 bridgehead atoms. The minimum atomic E-state index is -0.674. The third-order valence-corrected chi connectivity index (χ3v) is 2.95. The van der Waals surface area contributed by atoms with Gasteiger partial charge in [0.25, 0.3) is 0 Å². The molecule has 0 aromatic carbocycles. The zero-order valence-corrected chi connectivity index (χ0v) is 8.86. The van der Waals surface area contributed by atoms with E-state index in [9.17, 15) is 4.79 Å². The highest BCUT2D eigenvalue weighted by atomic mass is 32.2. The van der Waals surface area contributed by atoms with Gasteiger partial charge in [-0.05, 0) is 30.8 Å². The van der Waals surface area contributed by atoms with Crippen LogP contribution in [0.2, 0.25) is 0 Å². The Morgan fingerprint density at radius 2 is 2.08 bits per heavy atom. The van der Waals surface area contributed by atoms with Crippen molar-refractivity contribution in [3.8, 4) is 0 Å². The van der Waals surface area contributed by atoms with Crippen molar-refractivity contribution < 1.29 is 9.90 Å². The molecule has 0 heterocycles. The number of carbonyl (C=O) groups is 1. The van der Waals surface area contributed by atoms with E-state index in [1.54, 1.807) is 6.92 Å². The summed E-state index contributed by atoms with van der Waals surface area (Å²) in [6, 6.07) is 0. The summed E-state index contributed by atoms with van der Waals surface area (Å²) in [5.74, 6) is 0.560. The van der Waals surface area contributed by atoms with E-state index < -0.39 is 5.97 Å². The molecule has 72 valence electrons. The highest BCUT2D eigenvalue weighted by Gasteiger charge is 2.18. The molecule has 0 spiro atoms. The Balaban J connectivity index is 3.56. The summed E-state index contributed by atoms with van der Waals surface area (Å²) in [4.78, 5) is 10.6. The number of hydrogen-bond acceptors (Lipinski definition) is 2. The fraction of sp³-hybridized carbons (Fsp3) is 0.889. The van der Waals surface area contributed by atoms with Gasteiger partial charge >= 0.3 is 5.97 Å². The lowest BCUT2D eigenvalue weighted by Crippen LogP contribution is -2.18. The van der Waals surface area contributed by atoms with Crippen molar-refractivity contribution in [2.24, 2.45) is 11.8 Å². The highest BCUT2D eigenvalue weighted by Crippen LogP contribution is 2.17. The number of thioether (sulfide) groups is 1. The maximum absolute atomic E-state index is 10.6. The van der Waals surface area contributed by atoms with Gasteiger partial charge in [-0.3, -0.25) is 4.79 Å². The zero-order valence-electron chi connectivity index (χ0n) is 8.04. The maximum atomic E-state index is 10.6. The molecule has 0 aliphatic heterocycles. The SMILES string of the molecule is CSCCCC(C)C(C)C(=O)O. The second kappa shape index (κ2) is 6.35. The van der Waals surface area contributed by atoms with E-state index in [1.165, 1.54) is 0 Å². The van der Waals surface area contributed by atoms with Gasteiger partial charge in [0.15, 0.2) is 0 Å². The van der Waals surface area contributed by atoms with Crippen molar-refractivity contribution in [3.05, 3.63) is 0 Å². The number of carboxylic acid groups (broad SMARTS) is 1. The summed E-state index contributed by atoms with van der Waals surface area (Å²) >= 11 is 1.82. The standard InChI is InChI=1S/C9H18O2S/c1-7(5-4-6-12-3)8(2)9(10)11/h7-8H,4-6H2,1-3H3,(H,10,11). The molecular weight excluding hydrogens is 172 g/mol. The van der Waals surface area contributed by atoms with E-state index in [2.05, 4.69) is 6.26 Å². The van der Waals surface area contributed by atoms with Gasteiger partial charge in [-0.25, -0.2) is 0 Å². The second-order valence-electron chi connectivity index (χ2n) is 3.24. The number of carboxylic acids is 1. The third kappa shape index (κ3) is 4.65. The molecule has 2 atom stereocenters. The molecule has 0 amide bonds. The molecule has 0 saturated heterocycles. The topological polar surface area (TPSA) is 37.3 Å². The second-order valence-corrected chi connectivity index (χ2v) is 4.22. The van der Waals surface area contributed by atoms with Gasteiger partial charge in [-0.1, -0.05) is 13.8 Å².